The largest absolute Gasteiger partial charge is 0.419 e. The Hall–Kier alpha value is -2.54. The Morgan fingerprint density at radius 2 is 2.09 bits per heavy atom. The molecule has 12 heteroatoms. The average Bonchev–Trinajstić information content (AvgIpc) is 3.50. The highest BCUT2D eigenvalue weighted by Gasteiger charge is 2.60. The van der Waals surface area contributed by atoms with Crippen molar-refractivity contribution in [1.82, 2.24) is 24.3 Å². The van der Waals surface area contributed by atoms with Gasteiger partial charge < -0.3 is 18.8 Å². The van der Waals surface area contributed by atoms with Crippen LogP contribution in [0.5, 0.6) is 0 Å². The van der Waals surface area contributed by atoms with Crippen molar-refractivity contribution in [3.05, 3.63) is 24.4 Å². The van der Waals surface area contributed by atoms with Gasteiger partial charge in [-0.05, 0) is 32.8 Å². The van der Waals surface area contributed by atoms with Gasteiger partial charge in [-0.3, -0.25) is 4.40 Å². The van der Waals surface area contributed by atoms with Crippen LogP contribution in [-0.4, -0.2) is 71.5 Å². The number of fused-ring (bicyclic) bond motifs is 1. The Morgan fingerprint density at radius 3 is 2.74 bits per heavy atom. The summed E-state index contributed by atoms with van der Waals surface area (Å²) in [6, 6.07) is 1.73. The van der Waals surface area contributed by atoms with Crippen molar-refractivity contribution in [3.8, 4) is 11.7 Å². The Bertz CT molecular complexity index is 1380. The van der Waals surface area contributed by atoms with E-state index in [1.807, 2.05) is 13.8 Å². The maximum absolute atomic E-state index is 13.4. The summed E-state index contributed by atoms with van der Waals surface area (Å²) >= 11 is 0. The van der Waals surface area contributed by atoms with Crippen LogP contribution in [0.1, 0.15) is 39.0 Å². The van der Waals surface area contributed by atoms with Crippen LogP contribution >= 0.6 is 0 Å². The van der Waals surface area contributed by atoms with Crippen LogP contribution in [0.4, 0.5) is 5.69 Å². The first-order chi connectivity index (χ1) is 16.1. The number of aromatic nitrogens is 4. The lowest BCUT2D eigenvalue weighted by molar-refractivity contribution is -0.0626. The van der Waals surface area contributed by atoms with E-state index in [2.05, 4.69) is 24.8 Å². The molecule has 0 bridgehead atoms. The fourth-order valence-corrected chi connectivity index (χ4v) is 6.35. The molecule has 11 nitrogen and oxygen atoms in total. The van der Waals surface area contributed by atoms with Gasteiger partial charge in [-0.25, -0.2) is 18.1 Å². The molecule has 1 spiro atoms. The summed E-state index contributed by atoms with van der Waals surface area (Å²) in [5, 5.41) is 8.00. The van der Waals surface area contributed by atoms with Crippen LogP contribution in [-0.2, 0) is 19.5 Å². The lowest BCUT2D eigenvalue weighted by atomic mass is 10.1. The fraction of sp³-hybridized carbons (Fsp3) is 0.591. The predicted molar refractivity (Wildman–Crippen MR) is 122 cm³/mol. The highest BCUT2D eigenvalue weighted by atomic mass is 32.2. The minimum atomic E-state index is -3.77. The van der Waals surface area contributed by atoms with Crippen molar-refractivity contribution in [2.75, 3.05) is 25.1 Å². The zero-order valence-electron chi connectivity index (χ0n) is 19.6. The number of sulfonamides is 1. The van der Waals surface area contributed by atoms with Crippen molar-refractivity contribution in [3.63, 3.8) is 0 Å². The third-order valence-corrected chi connectivity index (χ3v) is 8.56. The van der Waals surface area contributed by atoms with E-state index >= 15 is 0 Å². The van der Waals surface area contributed by atoms with Gasteiger partial charge >= 0.3 is 0 Å². The summed E-state index contributed by atoms with van der Waals surface area (Å²) in [5.41, 5.74) is 0.730. The number of morpholine rings is 1. The van der Waals surface area contributed by atoms with Crippen LogP contribution in [0.2, 0.25) is 0 Å². The number of anilines is 1. The number of nitrogens with one attached hydrogen (secondary N) is 1. The molecule has 2 aliphatic carbocycles. The SMILES string of the molecule is CO[C@@H]1CC12CN(c1cc(S(=O)(=O)NC3(C)CC3)cn3c(-c4nnc(C)o4)ncc13)C[C@H](C)O2. The number of hydrogen-bond acceptors (Lipinski definition) is 9. The lowest BCUT2D eigenvalue weighted by Gasteiger charge is -2.39. The van der Waals surface area contributed by atoms with Crippen molar-refractivity contribution < 1.29 is 22.3 Å². The Morgan fingerprint density at radius 1 is 1.29 bits per heavy atom. The van der Waals surface area contributed by atoms with Gasteiger partial charge in [-0.2, -0.15) is 0 Å². The van der Waals surface area contributed by atoms with Gasteiger partial charge in [0.2, 0.25) is 21.7 Å². The average molecular weight is 489 g/mol. The molecule has 1 N–H and O–H groups in total. The maximum Gasteiger partial charge on any atom is 0.284 e. The molecular formula is C22H28N6O5S. The minimum Gasteiger partial charge on any atom is -0.419 e. The van der Waals surface area contributed by atoms with E-state index in [1.54, 1.807) is 36.9 Å². The second-order valence-corrected chi connectivity index (χ2v) is 11.7. The van der Waals surface area contributed by atoms with Crippen LogP contribution in [0.25, 0.3) is 17.2 Å². The van der Waals surface area contributed by atoms with E-state index in [0.29, 0.717) is 24.8 Å². The molecule has 2 saturated carbocycles. The quantitative estimate of drug-likeness (QED) is 0.554. The summed E-state index contributed by atoms with van der Waals surface area (Å²) in [7, 11) is -2.08. The summed E-state index contributed by atoms with van der Waals surface area (Å²) in [6.45, 7) is 6.85. The third-order valence-electron chi connectivity index (χ3n) is 6.96. The van der Waals surface area contributed by atoms with Gasteiger partial charge in [-0.15, -0.1) is 10.2 Å². The van der Waals surface area contributed by atoms with Gasteiger partial charge in [-0.1, -0.05) is 0 Å². The predicted octanol–water partition coefficient (Wildman–Crippen LogP) is 1.91. The number of methoxy groups -OCH3 is 1. The van der Waals surface area contributed by atoms with Gasteiger partial charge in [0, 0.05) is 45.3 Å². The van der Waals surface area contributed by atoms with E-state index in [0.717, 1.165) is 30.5 Å². The summed E-state index contributed by atoms with van der Waals surface area (Å²) < 4.78 is 48.8. The van der Waals surface area contributed by atoms with Crippen LogP contribution in [0.3, 0.4) is 0 Å². The number of nitrogens with zero attached hydrogens (tertiary/aromatic N) is 5. The second-order valence-electron chi connectivity index (χ2n) is 9.99. The molecule has 182 valence electrons. The van der Waals surface area contributed by atoms with Crippen molar-refractivity contribution in [2.45, 2.75) is 68.3 Å². The van der Waals surface area contributed by atoms with E-state index in [9.17, 15) is 8.42 Å². The number of ether oxygens (including phenoxy) is 2. The highest BCUT2D eigenvalue weighted by Crippen LogP contribution is 2.47. The van der Waals surface area contributed by atoms with E-state index in [1.165, 1.54) is 0 Å². The van der Waals surface area contributed by atoms with E-state index < -0.39 is 15.6 Å². The molecule has 34 heavy (non-hydrogen) atoms. The Kier molecular flexibility index (Phi) is 4.67. The van der Waals surface area contributed by atoms with E-state index in [-0.39, 0.29) is 28.6 Å². The van der Waals surface area contributed by atoms with Crippen molar-refractivity contribution in [1.29, 1.82) is 0 Å². The number of hydrogen-bond donors (Lipinski definition) is 1. The number of rotatable bonds is 6. The molecule has 4 heterocycles. The molecule has 1 aliphatic heterocycles. The standard InChI is InChI=1S/C22H28N6O5S/c1-13-10-27(12-22(33-13)8-18(22)31-4)16-7-15(34(29,30)26-21(3)5-6-21)11-28-17(16)9-23-19(28)20-25-24-14(2)32-20/h7,9,11,13,18,26H,5-6,8,10,12H2,1-4H3/t13-,18+,22?/m0/s1. The second kappa shape index (κ2) is 7.23. The lowest BCUT2D eigenvalue weighted by Crippen LogP contribution is -2.50. The monoisotopic (exact) mass is 488 g/mol. The first-order valence-electron chi connectivity index (χ1n) is 11.4. The van der Waals surface area contributed by atoms with Gasteiger partial charge in [0.25, 0.3) is 5.89 Å². The molecule has 3 aliphatic rings. The normalized spacial score (nSPS) is 28.1. The molecular weight excluding hydrogens is 460 g/mol. The highest BCUT2D eigenvalue weighted by molar-refractivity contribution is 7.89. The van der Waals surface area contributed by atoms with Crippen LogP contribution in [0.15, 0.2) is 27.8 Å². The summed E-state index contributed by atoms with van der Waals surface area (Å²) in [6.07, 6.45) is 5.72. The Labute approximate surface area is 197 Å². The van der Waals surface area contributed by atoms with E-state index in [4.69, 9.17) is 13.9 Å². The smallest absolute Gasteiger partial charge is 0.284 e. The molecule has 3 atom stereocenters. The molecule has 3 aromatic rings. The van der Waals surface area contributed by atoms with Gasteiger partial charge in [0.15, 0.2) is 0 Å². The fourth-order valence-electron chi connectivity index (χ4n) is 4.87. The third kappa shape index (κ3) is 3.60. The van der Waals surface area contributed by atoms with Crippen LogP contribution in [0, 0.1) is 6.92 Å². The molecule has 1 saturated heterocycles. The molecule has 6 rings (SSSR count). The number of pyridine rings is 1. The first-order valence-corrected chi connectivity index (χ1v) is 12.9. The molecule has 0 aromatic carbocycles. The van der Waals surface area contributed by atoms with Crippen molar-refractivity contribution >= 4 is 21.2 Å². The molecule has 1 unspecified atom stereocenters. The molecule has 0 radical (unpaired) electrons. The zero-order valence-corrected chi connectivity index (χ0v) is 20.4. The number of aryl methyl sites for hydroxylation is 1. The molecule has 3 fully saturated rings. The first kappa shape index (κ1) is 22.0. The Balaban J connectivity index is 1.49. The maximum atomic E-state index is 13.4. The topological polar surface area (TPSA) is 124 Å². The summed E-state index contributed by atoms with van der Waals surface area (Å²) in [4.78, 5) is 6.85. The number of imidazole rings is 1. The summed E-state index contributed by atoms with van der Waals surface area (Å²) in [5.74, 6) is 1.03. The zero-order chi connectivity index (χ0) is 23.9. The minimum absolute atomic E-state index is 0.0269. The van der Waals surface area contributed by atoms with Crippen molar-refractivity contribution in [2.24, 2.45) is 0 Å². The van der Waals surface area contributed by atoms with Gasteiger partial charge in [0.05, 0.1) is 29.6 Å². The van der Waals surface area contributed by atoms with Gasteiger partial charge in [0.1, 0.15) is 10.5 Å². The molecule has 0 amide bonds. The molecule has 3 aromatic heterocycles. The van der Waals surface area contributed by atoms with Crippen LogP contribution < -0.4 is 9.62 Å².